The van der Waals surface area contributed by atoms with Gasteiger partial charge in [0.15, 0.2) is 0 Å². The number of hydrogen-bond donors (Lipinski definition) is 0. The molecule has 3 heteroatoms. The van der Waals surface area contributed by atoms with E-state index in [2.05, 4.69) is 16.7 Å². The van der Waals surface area contributed by atoms with Crippen molar-refractivity contribution >= 4 is 0 Å². The first-order valence-corrected chi connectivity index (χ1v) is 4.62. The fourth-order valence-corrected chi connectivity index (χ4v) is 2.71. The van der Waals surface area contributed by atoms with Crippen molar-refractivity contribution in [3.05, 3.63) is 0 Å². The van der Waals surface area contributed by atoms with Crippen molar-refractivity contribution in [3.63, 3.8) is 0 Å². The standard InChI is InChI=1S/C9H17FN2/c1-7-4-9(10)6-11(2)5-8(9)12(7)3/h7-8H,4-6H2,1-3H3. The van der Waals surface area contributed by atoms with E-state index in [1.807, 2.05) is 14.1 Å². The summed E-state index contributed by atoms with van der Waals surface area (Å²) in [6, 6.07) is 0.547. The number of likely N-dealkylation sites (tertiary alicyclic amines) is 2. The molecule has 2 saturated heterocycles. The highest BCUT2D eigenvalue weighted by atomic mass is 19.1. The molecule has 0 aromatic carbocycles. The van der Waals surface area contributed by atoms with Crippen molar-refractivity contribution in [2.24, 2.45) is 0 Å². The minimum atomic E-state index is -0.928. The zero-order valence-corrected chi connectivity index (χ0v) is 8.05. The van der Waals surface area contributed by atoms with Crippen molar-refractivity contribution in [2.45, 2.75) is 31.1 Å². The Labute approximate surface area is 73.3 Å². The molecule has 2 rings (SSSR count). The summed E-state index contributed by atoms with van der Waals surface area (Å²) in [5.41, 5.74) is -0.928. The highest BCUT2D eigenvalue weighted by Gasteiger charge is 2.54. The van der Waals surface area contributed by atoms with Crippen molar-refractivity contribution in [1.29, 1.82) is 0 Å². The van der Waals surface area contributed by atoms with Crippen LogP contribution in [0.1, 0.15) is 13.3 Å². The van der Waals surface area contributed by atoms with Gasteiger partial charge in [0.1, 0.15) is 5.67 Å². The van der Waals surface area contributed by atoms with Gasteiger partial charge < -0.3 is 4.90 Å². The molecule has 2 aliphatic rings. The molecule has 0 spiro atoms. The first-order valence-electron chi connectivity index (χ1n) is 4.62. The van der Waals surface area contributed by atoms with E-state index >= 15 is 0 Å². The Morgan fingerprint density at radius 1 is 1.42 bits per heavy atom. The van der Waals surface area contributed by atoms with Crippen LogP contribution in [-0.2, 0) is 0 Å². The maximum Gasteiger partial charge on any atom is 0.141 e. The lowest BCUT2D eigenvalue weighted by Crippen LogP contribution is -2.39. The van der Waals surface area contributed by atoms with E-state index in [-0.39, 0.29) is 6.04 Å². The molecule has 70 valence electrons. The molecule has 12 heavy (non-hydrogen) atoms. The Hall–Kier alpha value is -0.150. The Kier molecular flexibility index (Phi) is 1.70. The molecule has 0 aromatic rings. The fourth-order valence-electron chi connectivity index (χ4n) is 2.71. The first kappa shape index (κ1) is 8.45. The zero-order chi connectivity index (χ0) is 8.93. The average molecular weight is 172 g/mol. The molecule has 3 unspecified atom stereocenters. The molecule has 0 saturated carbocycles. The van der Waals surface area contributed by atoms with Crippen LogP contribution in [-0.4, -0.2) is 54.7 Å². The average Bonchev–Trinajstić information content (AvgIpc) is 2.31. The van der Waals surface area contributed by atoms with Gasteiger partial charge in [0, 0.05) is 19.1 Å². The molecule has 2 heterocycles. The monoisotopic (exact) mass is 172 g/mol. The Morgan fingerprint density at radius 3 is 2.67 bits per heavy atom. The normalized spacial score (nSPS) is 50.0. The highest BCUT2D eigenvalue weighted by molar-refractivity contribution is 5.09. The largest absolute Gasteiger partial charge is 0.301 e. The SMILES string of the molecule is CC1CC2(F)CN(C)CC2N1C. The van der Waals surface area contributed by atoms with E-state index in [9.17, 15) is 4.39 Å². The van der Waals surface area contributed by atoms with Crippen molar-refractivity contribution < 1.29 is 4.39 Å². The van der Waals surface area contributed by atoms with E-state index in [1.165, 1.54) is 0 Å². The summed E-state index contributed by atoms with van der Waals surface area (Å²) < 4.78 is 14.2. The third-order valence-electron chi connectivity index (χ3n) is 3.44. The topological polar surface area (TPSA) is 6.48 Å². The van der Waals surface area contributed by atoms with E-state index in [4.69, 9.17) is 0 Å². The third kappa shape index (κ3) is 0.995. The summed E-state index contributed by atoms with van der Waals surface area (Å²) in [4.78, 5) is 4.27. The molecular formula is C9H17FN2. The molecule has 0 aromatic heterocycles. The third-order valence-corrected chi connectivity index (χ3v) is 3.44. The molecule has 0 N–H and O–H groups in total. The second-order valence-corrected chi connectivity index (χ2v) is 4.47. The summed E-state index contributed by atoms with van der Waals surface area (Å²) >= 11 is 0. The second-order valence-electron chi connectivity index (χ2n) is 4.47. The molecular weight excluding hydrogens is 155 g/mol. The van der Waals surface area contributed by atoms with Gasteiger partial charge in [-0.1, -0.05) is 0 Å². The Morgan fingerprint density at radius 2 is 2.08 bits per heavy atom. The van der Waals surface area contributed by atoms with Crippen LogP contribution < -0.4 is 0 Å². The summed E-state index contributed by atoms with van der Waals surface area (Å²) in [7, 11) is 4.04. The number of likely N-dealkylation sites (N-methyl/N-ethyl adjacent to an activating group) is 2. The predicted molar refractivity (Wildman–Crippen MR) is 47.0 cm³/mol. The van der Waals surface area contributed by atoms with Crippen LogP contribution in [0.5, 0.6) is 0 Å². The maximum atomic E-state index is 14.2. The molecule has 0 aliphatic carbocycles. The van der Waals surface area contributed by atoms with Gasteiger partial charge in [0.25, 0.3) is 0 Å². The van der Waals surface area contributed by atoms with E-state index in [1.54, 1.807) is 0 Å². The Bertz CT molecular complexity index is 197. The minimum Gasteiger partial charge on any atom is -0.301 e. The van der Waals surface area contributed by atoms with Gasteiger partial charge >= 0.3 is 0 Å². The second kappa shape index (κ2) is 2.42. The van der Waals surface area contributed by atoms with Crippen LogP contribution in [0.4, 0.5) is 4.39 Å². The maximum absolute atomic E-state index is 14.2. The van der Waals surface area contributed by atoms with Crippen LogP contribution in [0.3, 0.4) is 0 Å². The molecule has 3 atom stereocenters. The molecule has 0 bridgehead atoms. The Balaban J connectivity index is 2.20. The van der Waals surface area contributed by atoms with Crippen molar-refractivity contribution in [1.82, 2.24) is 9.80 Å². The number of halogens is 1. The van der Waals surface area contributed by atoms with Crippen molar-refractivity contribution in [2.75, 3.05) is 27.2 Å². The lowest BCUT2D eigenvalue weighted by molar-refractivity contribution is 0.149. The lowest BCUT2D eigenvalue weighted by atomic mass is 9.99. The van der Waals surface area contributed by atoms with Crippen LogP contribution in [0.15, 0.2) is 0 Å². The molecule has 0 amide bonds. The molecule has 2 nitrogen and oxygen atoms in total. The lowest BCUT2D eigenvalue weighted by Gasteiger charge is -2.22. The van der Waals surface area contributed by atoms with E-state index in [0.29, 0.717) is 19.0 Å². The van der Waals surface area contributed by atoms with E-state index in [0.717, 1.165) is 6.54 Å². The van der Waals surface area contributed by atoms with Crippen LogP contribution in [0.2, 0.25) is 0 Å². The number of fused-ring (bicyclic) bond motifs is 1. The summed E-state index contributed by atoms with van der Waals surface area (Å²) in [6.07, 6.45) is 0.707. The van der Waals surface area contributed by atoms with Gasteiger partial charge in [0.2, 0.25) is 0 Å². The van der Waals surface area contributed by atoms with Gasteiger partial charge in [-0.3, -0.25) is 4.90 Å². The summed E-state index contributed by atoms with van der Waals surface area (Å²) in [6.45, 7) is 3.61. The van der Waals surface area contributed by atoms with Gasteiger partial charge in [-0.05, 0) is 27.4 Å². The fraction of sp³-hybridized carbons (Fsp3) is 1.00. The smallest absolute Gasteiger partial charge is 0.141 e. The molecule has 2 fully saturated rings. The van der Waals surface area contributed by atoms with Gasteiger partial charge in [-0.15, -0.1) is 0 Å². The number of alkyl halides is 1. The molecule has 2 aliphatic heterocycles. The van der Waals surface area contributed by atoms with Gasteiger partial charge in [-0.25, -0.2) is 4.39 Å². The van der Waals surface area contributed by atoms with Gasteiger partial charge in [0.05, 0.1) is 6.04 Å². The highest BCUT2D eigenvalue weighted by Crippen LogP contribution is 2.40. The van der Waals surface area contributed by atoms with Crippen LogP contribution >= 0.6 is 0 Å². The summed E-state index contributed by atoms with van der Waals surface area (Å²) in [5, 5.41) is 0. The zero-order valence-electron chi connectivity index (χ0n) is 8.05. The van der Waals surface area contributed by atoms with Gasteiger partial charge in [-0.2, -0.15) is 0 Å². The number of hydrogen-bond acceptors (Lipinski definition) is 2. The van der Waals surface area contributed by atoms with Crippen molar-refractivity contribution in [3.8, 4) is 0 Å². The van der Waals surface area contributed by atoms with E-state index < -0.39 is 5.67 Å². The van der Waals surface area contributed by atoms with Crippen LogP contribution in [0, 0.1) is 0 Å². The first-order chi connectivity index (χ1) is 5.53. The quantitative estimate of drug-likeness (QED) is 0.531. The predicted octanol–water partition coefficient (Wildman–Crippen LogP) is 0.733. The van der Waals surface area contributed by atoms with Crippen LogP contribution in [0.25, 0.3) is 0 Å². The summed E-state index contributed by atoms with van der Waals surface area (Å²) in [5.74, 6) is 0. The molecule has 0 radical (unpaired) electrons. The minimum absolute atomic E-state index is 0.137. The number of nitrogens with zero attached hydrogens (tertiary/aromatic N) is 2. The number of rotatable bonds is 0.